The number of ether oxygens (including phenoxy) is 2. The average molecular weight is 220 g/mol. The Morgan fingerprint density at radius 2 is 1.92 bits per heavy atom. The molecule has 0 atom stereocenters. The molecule has 0 saturated heterocycles. The minimum atomic E-state index is -0.402. The van der Waals surface area contributed by atoms with Crippen molar-refractivity contribution in [3.63, 3.8) is 0 Å². The molecule has 2 nitrogen and oxygen atoms in total. The predicted molar refractivity (Wildman–Crippen MR) is 50.1 cm³/mol. The van der Waals surface area contributed by atoms with Gasteiger partial charge >= 0.3 is 88.2 Å². The summed E-state index contributed by atoms with van der Waals surface area (Å²) in [4.78, 5) is 0. The summed E-state index contributed by atoms with van der Waals surface area (Å²) in [5.41, 5.74) is -0.402. The van der Waals surface area contributed by atoms with Crippen LogP contribution >= 0.6 is 0 Å². The van der Waals surface area contributed by atoms with Crippen molar-refractivity contribution in [1.82, 2.24) is 0 Å². The minimum absolute atomic E-state index is 0.402. The molecule has 0 rings (SSSR count). The first kappa shape index (κ1) is 12.9. The SMILES string of the molecule is CCO[C](=[Cr])C#CC(C)(C)OCC. The van der Waals surface area contributed by atoms with Gasteiger partial charge in [-0.15, -0.1) is 0 Å². The number of hydrogen-bond donors (Lipinski definition) is 0. The van der Waals surface area contributed by atoms with Gasteiger partial charge in [-0.2, -0.15) is 0 Å². The van der Waals surface area contributed by atoms with Gasteiger partial charge in [0.2, 0.25) is 0 Å². The van der Waals surface area contributed by atoms with Crippen molar-refractivity contribution in [3.05, 3.63) is 0 Å². The first-order valence-corrected chi connectivity index (χ1v) is 4.99. The van der Waals surface area contributed by atoms with Gasteiger partial charge in [0.1, 0.15) is 0 Å². The van der Waals surface area contributed by atoms with Crippen LogP contribution < -0.4 is 0 Å². The zero-order chi connectivity index (χ0) is 10.3. The van der Waals surface area contributed by atoms with E-state index in [0.29, 0.717) is 17.8 Å². The molecule has 0 spiro atoms. The Kier molecular flexibility index (Phi) is 6.30. The van der Waals surface area contributed by atoms with Gasteiger partial charge in [-0.3, -0.25) is 0 Å². The first-order valence-electron chi connectivity index (χ1n) is 4.35. The van der Waals surface area contributed by atoms with Crippen LogP contribution in [0.5, 0.6) is 0 Å². The zero-order valence-electron chi connectivity index (χ0n) is 8.64. The van der Waals surface area contributed by atoms with Crippen LogP contribution in [0.1, 0.15) is 27.7 Å². The van der Waals surface area contributed by atoms with Crippen molar-refractivity contribution < 1.29 is 25.3 Å². The molecule has 0 unspecified atom stereocenters. The Morgan fingerprint density at radius 3 is 2.38 bits per heavy atom. The molecule has 0 radical (unpaired) electrons. The van der Waals surface area contributed by atoms with Crippen LogP contribution in [0.15, 0.2) is 0 Å². The molecule has 0 aromatic carbocycles. The molecule has 0 amide bonds. The van der Waals surface area contributed by atoms with E-state index in [4.69, 9.17) is 9.47 Å². The van der Waals surface area contributed by atoms with E-state index < -0.39 is 5.60 Å². The standard InChI is InChI=1S/C10H16O2.Cr/c1-5-11-9-7-8-10(3,4)12-6-2;/h5-6H2,1-4H3;. The Balaban J connectivity index is 4.13. The normalized spacial score (nSPS) is 10.5. The van der Waals surface area contributed by atoms with Crippen LogP contribution in [0.3, 0.4) is 0 Å². The molecule has 0 N–H and O–H groups in total. The van der Waals surface area contributed by atoms with Gasteiger partial charge < -0.3 is 0 Å². The molecule has 0 aliphatic heterocycles. The van der Waals surface area contributed by atoms with Crippen LogP contribution in [0, 0.1) is 11.8 Å². The van der Waals surface area contributed by atoms with Crippen molar-refractivity contribution >= 4 is 4.57 Å². The van der Waals surface area contributed by atoms with Crippen LogP contribution in [-0.4, -0.2) is 23.4 Å². The Bertz CT molecular complexity index is 223. The molecule has 0 heterocycles. The fourth-order valence-electron chi connectivity index (χ4n) is 0.766. The summed E-state index contributed by atoms with van der Waals surface area (Å²) in [6.45, 7) is 9.04. The molecule has 0 bridgehead atoms. The quantitative estimate of drug-likeness (QED) is 0.669. The van der Waals surface area contributed by atoms with Crippen LogP contribution in [-0.2, 0) is 25.3 Å². The van der Waals surface area contributed by atoms with E-state index in [9.17, 15) is 0 Å². The summed E-state index contributed by atoms with van der Waals surface area (Å²) in [6.07, 6.45) is 0. The topological polar surface area (TPSA) is 18.5 Å². The fraction of sp³-hybridized carbons (Fsp3) is 0.700. The molecular formula is C10H16CrO2. The van der Waals surface area contributed by atoms with Crippen LogP contribution in [0.2, 0.25) is 0 Å². The Morgan fingerprint density at radius 1 is 1.31 bits per heavy atom. The molecule has 13 heavy (non-hydrogen) atoms. The number of rotatable bonds is 4. The molecule has 0 aliphatic rings. The maximum absolute atomic E-state index is 5.40. The van der Waals surface area contributed by atoms with Crippen LogP contribution in [0.4, 0.5) is 0 Å². The second-order valence-corrected chi connectivity index (χ2v) is 3.49. The fourth-order valence-corrected chi connectivity index (χ4v) is 1.03. The van der Waals surface area contributed by atoms with Gasteiger partial charge in [-0.1, -0.05) is 0 Å². The zero-order valence-corrected chi connectivity index (χ0v) is 9.91. The number of hydrogen-bond acceptors (Lipinski definition) is 2. The van der Waals surface area contributed by atoms with Crippen molar-refractivity contribution in [2.45, 2.75) is 33.3 Å². The van der Waals surface area contributed by atoms with Crippen molar-refractivity contribution in [2.75, 3.05) is 13.2 Å². The third-order valence-corrected chi connectivity index (χ3v) is 1.59. The molecule has 0 aromatic heterocycles. The molecule has 0 fully saturated rings. The van der Waals surface area contributed by atoms with E-state index in [-0.39, 0.29) is 0 Å². The van der Waals surface area contributed by atoms with Gasteiger partial charge in [0.15, 0.2) is 0 Å². The second-order valence-electron chi connectivity index (χ2n) is 2.91. The molecule has 0 aromatic rings. The van der Waals surface area contributed by atoms with Gasteiger partial charge in [-0.25, -0.2) is 0 Å². The summed E-state index contributed by atoms with van der Waals surface area (Å²) < 4.78 is 11.2. The average Bonchev–Trinajstić information content (AvgIpc) is 2.02. The second kappa shape index (κ2) is 6.35. The summed E-state index contributed by atoms with van der Waals surface area (Å²) in [6, 6.07) is 0. The predicted octanol–water partition coefficient (Wildman–Crippen LogP) is 1.52. The van der Waals surface area contributed by atoms with E-state index >= 15 is 0 Å². The summed E-state index contributed by atoms with van der Waals surface area (Å²) in [5.74, 6) is 5.85. The monoisotopic (exact) mass is 220 g/mol. The summed E-state index contributed by atoms with van der Waals surface area (Å²) >= 11 is 2.76. The Hall–Kier alpha value is -0.118. The third-order valence-electron chi connectivity index (χ3n) is 1.25. The molecule has 3 heteroatoms. The van der Waals surface area contributed by atoms with Crippen molar-refractivity contribution in [1.29, 1.82) is 0 Å². The van der Waals surface area contributed by atoms with Gasteiger partial charge in [0.25, 0.3) is 0 Å². The Labute approximate surface area is 88.6 Å². The van der Waals surface area contributed by atoms with Crippen molar-refractivity contribution in [2.24, 2.45) is 0 Å². The molecule has 74 valence electrons. The summed E-state index contributed by atoms with van der Waals surface area (Å²) in [7, 11) is 0. The van der Waals surface area contributed by atoms with E-state index in [1.54, 1.807) is 0 Å². The van der Waals surface area contributed by atoms with Crippen LogP contribution in [0.25, 0.3) is 0 Å². The van der Waals surface area contributed by atoms with Gasteiger partial charge in [-0.05, 0) is 0 Å². The molecule has 0 saturated carbocycles. The van der Waals surface area contributed by atoms with Gasteiger partial charge in [0.05, 0.1) is 0 Å². The molecule has 0 aliphatic carbocycles. The van der Waals surface area contributed by atoms with E-state index in [1.807, 2.05) is 27.7 Å². The maximum atomic E-state index is 5.40. The summed E-state index contributed by atoms with van der Waals surface area (Å²) in [5, 5.41) is 0. The first-order chi connectivity index (χ1) is 6.02. The van der Waals surface area contributed by atoms with Crippen molar-refractivity contribution in [3.8, 4) is 11.8 Å². The van der Waals surface area contributed by atoms with E-state index in [0.717, 1.165) is 0 Å². The molecular weight excluding hydrogens is 204 g/mol. The third kappa shape index (κ3) is 6.99. The van der Waals surface area contributed by atoms with Gasteiger partial charge in [0, 0.05) is 0 Å². The van der Waals surface area contributed by atoms with E-state index in [2.05, 4.69) is 27.7 Å². The van der Waals surface area contributed by atoms with E-state index in [1.165, 1.54) is 0 Å².